The van der Waals surface area contributed by atoms with Crippen molar-refractivity contribution in [2.24, 2.45) is 5.92 Å². The maximum Gasteiger partial charge on any atom is 0.358 e. The van der Waals surface area contributed by atoms with Crippen molar-refractivity contribution < 1.29 is 9.53 Å². The third-order valence-electron chi connectivity index (χ3n) is 3.60. The Morgan fingerprint density at radius 2 is 2.21 bits per heavy atom. The van der Waals surface area contributed by atoms with Crippen molar-refractivity contribution in [1.82, 2.24) is 9.97 Å². The third kappa shape index (κ3) is 4.19. The molecule has 1 heterocycles. The molecule has 0 radical (unpaired) electrons. The molecule has 0 spiro atoms. The molecule has 0 saturated heterocycles. The summed E-state index contributed by atoms with van der Waals surface area (Å²) in [6, 6.07) is 0. The second-order valence-electron chi connectivity index (χ2n) is 5.00. The fourth-order valence-corrected chi connectivity index (χ4v) is 2.56. The van der Waals surface area contributed by atoms with Crippen LogP contribution in [0.5, 0.6) is 0 Å². The molecule has 1 fully saturated rings. The second-order valence-corrected chi connectivity index (χ2v) is 5.00. The Morgan fingerprint density at radius 3 is 2.95 bits per heavy atom. The van der Waals surface area contributed by atoms with Crippen molar-refractivity contribution in [2.45, 2.75) is 38.5 Å². The predicted octanol–water partition coefficient (Wildman–Crippen LogP) is 2.65. The number of nitrogens with one attached hydrogen (secondary N) is 1. The van der Waals surface area contributed by atoms with Gasteiger partial charge in [-0.05, 0) is 18.8 Å². The van der Waals surface area contributed by atoms with Gasteiger partial charge in [0.15, 0.2) is 5.69 Å². The average Bonchev–Trinajstić information content (AvgIpc) is 2.96. The number of hydrogen-bond acceptors (Lipinski definition) is 5. The van der Waals surface area contributed by atoms with Crippen LogP contribution in [0.2, 0.25) is 0 Å². The van der Waals surface area contributed by atoms with Gasteiger partial charge in [-0.25, -0.2) is 9.78 Å². The minimum atomic E-state index is -0.456. The number of hydrogen-bond donors (Lipinski definition) is 1. The Balaban J connectivity index is 1.74. The van der Waals surface area contributed by atoms with Crippen molar-refractivity contribution >= 4 is 11.8 Å². The van der Waals surface area contributed by atoms with Crippen molar-refractivity contribution in [3.8, 4) is 0 Å². The van der Waals surface area contributed by atoms with Crippen LogP contribution in [0.15, 0.2) is 12.4 Å². The summed E-state index contributed by atoms with van der Waals surface area (Å²) >= 11 is 0. The topological polar surface area (TPSA) is 64.1 Å². The summed E-state index contributed by atoms with van der Waals surface area (Å²) in [5, 5.41) is 3.21. The fraction of sp³-hybridized carbons (Fsp3) is 0.643. The first-order chi connectivity index (χ1) is 9.29. The molecule has 5 heteroatoms. The smallest absolute Gasteiger partial charge is 0.358 e. The van der Waals surface area contributed by atoms with Gasteiger partial charge in [-0.2, -0.15) is 0 Å². The summed E-state index contributed by atoms with van der Waals surface area (Å²) in [5.74, 6) is 1.09. The van der Waals surface area contributed by atoms with E-state index in [4.69, 9.17) is 0 Å². The third-order valence-corrected chi connectivity index (χ3v) is 3.60. The van der Waals surface area contributed by atoms with Crippen LogP contribution in [0.1, 0.15) is 49.0 Å². The largest absolute Gasteiger partial charge is 0.464 e. The van der Waals surface area contributed by atoms with Crippen LogP contribution in [0, 0.1) is 5.92 Å². The molecule has 1 aromatic rings. The molecule has 1 aliphatic carbocycles. The molecule has 1 aliphatic rings. The summed E-state index contributed by atoms with van der Waals surface area (Å²) < 4.78 is 4.62. The molecule has 5 nitrogen and oxygen atoms in total. The Labute approximate surface area is 113 Å². The zero-order valence-electron chi connectivity index (χ0n) is 11.4. The first-order valence-corrected chi connectivity index (χ1v) is 6.94. The Hall–Kier alpha value is -1.65. The zero-order chi connectivity index (χ0) is 13.5. The van der Waals surface area contributed by atoms with E-state index in [2.05, 4.69) is 20.0 Å². The van der Waals surface area contributed by atoms with Gasteiger partial charge in [0.2, 0.25) is 0 Å². The van der Waals surface area contributed by atoms with Crippen molar-refractivity contribution in [1.29, 1.82) is 0 Å². The number of carbonyl (C=O) groups excluding carboxylic acids is 1. The van der Waals surface area contributed by atoms with E-state index in [0.29, 0.717) is 5.82 Å². The van der Waals surface area contributed by atoms with E-state index in [0.717, 1.165) is 18.9 Å². The molecule has 0 unspecified atom stereocenters. The molecule has 104 valence electrons. The standard InChI is InChI=1S/C14H21N3O2/c1-19-14(18)12-9-15-10-13(17-12)16-8-4-7-11-5-2-3-6-11/h9-11H,2-8H2,1H3,(H,16,17). The predicted molar refractivity (Wildman–Crippen MR) is 73.1 cm³/mol. The Bertz CT molecular complexity index is 417. The van der Waals surface area contributed by atoms with Crippen molar-refractivity contribution in [3.05, 3.63) is 18.1 Å². The molecule has 0 aromatic carbocycles. The van der Waals surface area contributed by atoms with E-state index >= 15 is 0 Å². The number of anilines is 1. The zero-order valence-corrected chi connectivity index (χ0v) is 11.4. The number of esters is 1. The minimum Gasteiger partial charge on any atom is -0.464 e. The number of nitrogens with zero attached hydrogens (tertiary/aromatic N) is 2. The summed E-state index contributed by atoms with van der Waals surface area (Å²) in [5.41, 5.74) is 0.239. The fourth-order valence-electron chi connectivity index (χ4n) is 2.56. The van der Waals surface area contributed by atoms with Gasteiger partial charge in [-0.3, -0.25) is 4.98 Å². The molecule has 1 N–H and O–H groups in total. The first kappa shape index (κ1) is 13.8. The molecule has 0 bridgehead atoms. The van der Waals surface area contributed by atoms with Gasteiger partial charge in [-0.1, -0.05) is 25.7 Å². The minimum absolute atomic E-state index is 0.239. The highest BCUT2D eigenvalue weighted by molar-refractivity contribution is 5.87. The summed E-state index contributed by atoms with van der Waals surface area (Å²) in [6.07, 6.45) is 11.0. The Kier molecular flexibility index (Phi) is 5.12. The van der Waals surface area contributed by atoms with E-state index in [1.165, 1.54) is 45.4 Å². The number of ether oxygens (including phenoxy) is 1. The molecule has 19 heavy (non-hydrogen) atoms. The summed E-state index contributed by atoms with van der Waals surface area (Å²) in [7, 11) is 1.34. The highest BCUT2D eigenvalue weighted by Gasteiger charge is 2.14. The normalized spacial score (nSPS) is 15.4. The molecular weight excluding hydrogens is 242 g/mol. The number of carbonyl (C=O) groups is 1. The molecule has 1 aromatic heterocycles. The second kappa shape index (κ2) is 7.07. The summed E-state index contributed by atoms with van der Waals surface area (Å²) in [4.78, 5) is 19.5. The van der Waals surface area contributed by atoms with E-state index < -0.39 is 5.97 Å². The van der Waals surface area contributed by atoms with Crippen LogP contribution < -0.4 is 5.32 Å². The number of aromatic nitrogens is 2. The van der Waals surface area contributed by atoms with E-state index in [-0.39, 0.29) is 5.69 Å². The average molecular weight is 263 g/mol. The van der Waals surface area contributed by atoms with Gasteiger partial charge in [0.05, 0.1) is 19.5 Å². The van der Waals surface area contributed by atoms with Crippen LogP contribution in [-0.4, -0.2) is 29.6 Å². The lowest BCUT2D eigenvalue weighted by Gasteiger charge is -2.09. The van der Waals surface area contributed by atoms with E-state index in [1.807, 2.05) is 0 Å². The molecular formula is C14H21N3O2. The van der Waals surface area contributed by atoms with Gasteiger partial charge < -0.3 is 10.1 Å². The van der Waals surface area contributed by atoms with Gasteiger partial charge in [-0.15, -0.1) is 0 Å². The number of rotatable bonds is 6. The van der Waals surface area contributed by atoms with Crippen LogP contribution >= 0.6 is 0 Å². The first-order valence-electron chi connectivity index (χ1n) is 6.94. The molecule has 0 atom stereocenters. The monoisotopic (exact) mass is 263 g/mol. The summed E-state index contributed by atoms with van der Waals surface area (Å²) in [6.45, 7) is 0.871. The SMILES string of the molecule is COC(=O)c1cncc(NCCCC2CCCC2)n1. The highest BCUT2D eigenvalue weighted by Crippen LogP contribution is 2.28. The lowest BCUT2D eigenvalue weighted by Crippen LogP contribution is -2.10. The van der Waals surface area contributed by atoms with Gasteiger partial charge >= 0.3 is 5.97 Å². The van der Waals surface area contributed by atoms with Crippen LogP contribution in [0.3, 0.4) is 0 Å². The van der Waals surface area contributed by atoms with Crippen molar-refractivity contribution in [2.75, 3.05) is 19.0 Å². The van der Waals surface area contributed by atoms with Gasteiger partial charge in [0.1, 0.15) is 5.82 Å². The van der Waals surface area contributed by atoms with Crippen LogP contribution in [0.4, 0.5) is 5.82 Å². The lowest BCUT2D eigenvalue weighted by atomic mass is 10.0. The highest BCUT2D eigenvalue weighted by atomic mass is 16.5. The molecule has 0 amide bonds. The van der Waals surface area contributed by atoms with Gasteiger partial charge in [0, 0.05) is 6.54 Å². The number of methoxy groups -OCH3 is 1. The molecule has 0 aliphatic heterocycles. The lowest BCUT2D eigenvalue weighted by molar-refractivity contribution is 0.0593. The maximum absolute atomic E-state index is 11.3. The quantitative estimate of drug-likeness (QED) is 0.631. The Morgan fingerprint density at radius 1 is 1.42 bits per heavy atom. The molecule has 2 rings (SSSR count). The maximum atomic E-state index is 11.3. The van der Waals surface area contributed by atoms with Crippen LogP contribution in [-0.2, 0) is 4.74 Å². The van der Waals surface area contributed by atoms with E-state index in [1.54, 1.807) is 6.20 Å². The van der Waals surface area contributed by atoms with Crippen LogP contribution in [0.25, 0.3) is 0 Å². The van der Waals surface area contributed by atoms with E-state index in [9.17, 15) is 4.79 Å². The van der Waals surface area contributed by atoms with Crippen molar-refractivity contribution in [3.63, 3.8) is 0 Å². The van der Waals surface area contributed by atoms with Gasteiger partial charge in [0.25, 0.3) is 0 Å². The molecule has 1 saturated carbocycles.